The molecule has 0 fully saturated rings. The van der Waals surface area contributed by atoms with E-state index < -0.39 is 5.97 Å². The topological polar surface area (TPSA) is 51.2 Å². The molecular formula is C14H13ClN2O2. The smallest absolute Gasteiger partial charge is 0.338 e. The van der Waals surface area contributed by atoms with E-state index in [-0.39, 0.29) is 5.15 Å². The molecule has 98 valence electrons. The van der Waals surface area contributed by atoms with Crippen molar-refractivity contribution in [1.29, 1.82) is 0 Å². The zero-order valence-electron chi connectivity index (χ0n) is 10.4. The van der Waals surface area contributed by atoms with Crippen LogP contribution in [0.15, 0.2) is 42.5 Å². The van der Waals surface area contributed by atoms with Crippen LogP contribution in [0, 0.1) is 0 Å². The summed E-state index contributed by atoms with van der Waals surface area (Å²) in [6.45, 7) is 0.606. The van der Waals surface area contributed by atoms with E-state index in [4.69, 9.17) is 11.6 Å². The van der Waals surface area contributed by atoms with Crippen LogP contribution >= 0.6 is 11.6 Å². The molecule has 0 aliphatic carbocycles. The highest BCUT2D eigenvalue weighted by Gasteiger charge is 2.09. The van der Waals surface area contributed by atoms with Crippen LogP contribution in [-0.4, -0.2) is 18.1 Å². The molecule has 0 aliphatic heterocycles. The third-order valence-corrected chi connectivity index (χ3v) is 2.73. The van der Waals surface area contributed by atoms with Crippen molar-refractivity contribution in [3.05, 3.63) is 58.7 Å². The predicted octanol–water partition coefficient (Wildman–Crippen LogP) is 3.13. The van der Waals surface area contributed by atoms with Crippen molar-refractivity contribution in [2.24, 2.45) is 0 Å². The first-order chi connectivity index (χ1) is 9.19. The van der Waals surface area contributed by atoms with E-state index in [9.17, 15) is 4.79 Å². The molecule has 1 aromatic heterocycles. The van der Waals surface area contributed by atoms with Crippen LogP contribution in [0.3, 0.4) is 0 Å². The van der Waals surface area contributed by atoms with Crippen molar-refractivity contribution in [2.75, 3.05) is 12.4 Å². The van der Waals surface area contributed by atoms with E-state index >= 15 is 0 Å². The van der Waals surface area contributed by atoms with E-state index in [0.29, 0.717) is 17.9 Å². The van der Waals surface area contributed by atoms with Gasteiger partial charge < -0.3 is 10.1 Å². The molecule has 0 spiro atoms. The minimum absolute atomic E-state index is 0.249. The molecule has 0 saturated carbocycles. The van der Waals surface area contributed by atoms with E-state index in [1.165, 1.54) is 13.2 Å². The predicted molar refractivity (Wildman–Crippen MR) is 74.4 cm³/mol. The third-order valence-electron chi connectivity index (χ3n) is 2.53. The first-order valence-corrected chi connectivity index (χ1v) is 6.10. The average Bonchev–Trinajstić information content (AvgIpc) is 2.45. The lowest BCUT2D eigenvalue weighted by Gasteiger charge is -2.07. The standard InChI is InChI=1S/C14H13ClN2O2/c1-19-14(18)11-7-12(15)17-13(8-11)16-9-10-5-3-2-4-6-10/h2-8H,9H2,1H3,(H,16,17). The minimum atomic E-state index is -0.438. The Hall–Kier alpha value is -2.07. The van der Waals surface area contributed by atoms with Crippen LogP contribution in [0.25, 0.3) is 0 Å². The van der Waals surface area contributed by atoms with E-state index in [1.54, 1.807) is 6.07 Å². The Balaban J connectivity index is 2.12. The molecule has 2 aromatic rings. The first-order valence-electron chi connectivity index (χ1n) is 5.73. The first kappa shape index (κ1) is 13.4. The normalized spacial score (nSPS) is 10.0. The maximum absolute atomic E-state index is 11.5. The monoisotopic (exact) mass is 276 g/mol. The van der Waals surface area contributed by atoms with Gasteiger partial charge in [0, 0.05) is 6.54 Å². The Kier molecular flexibility index (Phi) is 4.36. The molecule has 0 amide bonds. The number of nitrogens with zero attached hydrogens (tertiary/aromatic N) is 1. The lowest BCUT2D eigenvalue weighted by atomic mass is 10.2. The number of halogens is 1. The Labute approximate surface area is 116 Å². The van der Waals surface area contributed by atoms with Crippen molar-refractivity contribution < 1.29 is 9.53 Å². The highest BCUT2D eigenvalue weighted by molar-refractivity contribution is 6.29. The van der Waals surface area contributed by atoms with Gasteiger partial charge in [-0.25, -0.2) is 9.78 Å². The van der Waals surface area contributed by atoms with Gasteiger partial charge in [0.25, 0.3) is 0 Å². The summed E-state index contributed by atoms with van der Waals surface area (Å²) in [5.41, 5.74) is 1.49. The van der Waals surface area contributed by atoms with Crippen molar-refractivity contribution in [3.63, 3.8) is 0 Å². The lowest BCUT2D eigenvalue weighted by Crippen LogP contribution is -2.06. The summed E-state index contributed by atoms with van der Waals surface area (Å²) in [4.78, 5) is 15.6. The van der Waals surface area contributed by atoms with Crippen molar-refractivity contribution in [3.8, 4) is 0 Å². The maximum Gasteiger partial charge on any atom is 0.338 e. The summed E-state index contributed by atoms with van der Waals surface area (Å²) in [7, 11) is 1.33. The second-order valence-corrected chi connectivity index (χ2v) is 4.28. The van der Waals surface area contributed by atoms with Gasteiger partial charge in [-0.05, 0) is 17.7 Å². The quantitative estimate of drug-likeness (QED) is 0.688. The van der Waals surface area contributed by atoms with E-state index in [0.717, 1.165) is 5.56 Å². The number of carbonyl (C=O) groups excluding carboxylic acids is 1. The van der Waals surface area contributed by atoms with Crippen molar-refractivity contribution in [2.45, 2.75) is 6.54 Å². The molecule has 0 bridgehead atoms. The second-order valence-electron chi connectivity index (χ2n) is 3.89. The fourth-order valence-corrected chi connectivity index (χ4v) is 1.82. The Morgan fingerprint density at radius 3 is 2.74 bits per heavy atom. The highest BCUT2D eigenvalue weighted by atomic mass is 35.5. The van der Waals surface area contributed by atoms with Gasteiger partial charge in [0.2, 0.25) is 0 Å². The molecule has 0 unspecified atom stereocenters. The molecular weight excluding hydrogens is 264 g/mol. The van der Waals surface area contributed by atoms with Crippen LogP contribution in [0.4, 0.5) is 5.82 Å². The van der Waals surface area contributed by atoms with Crippen LogP contribution < -0.4 is 5.32 Å². The number of aromatic nitrogens is 1. The maximum atomic E-state index is 11.5. The highest BCUT2D eigenvalue weighted by Crippen LogP contribution is 2.16. The number of carbonyl (C=O) groups is 1. The van der Waals surface area contributed by atoms with Crippen LogP contribution in [0.1, 0.15) is 15.9 Å². The molecule has 4 nitrogen and oxygen atoms in total. The fourth-order valence-electron chi connectivity index (χ4n) is 1.61. The summed E-state index contributed by atoms with van der Waals surface area (Å²) >= 11 is 5.87. The second kappa shape index (κ2) is 6.20. The van der Waals surface area contributed by atoms with Crippen molar-refractivity contribution in [1.82, 2.24) is 4.98 Å². The molecule has 1 aromatic carbocycles. The van der Waals surface area contributed by atoms with Gasteiger partial charge >= 0.3 is 5.97 Å². The van der Waals surface area contributed by atoms with Gasteiger partial charge in [-0.1, -0.05) is 41.9 Å². The number of rotatable bonds is 4. The summed E-state index contributed by atoms with van der Waals surface area (Å²) in [6, 6.07) is 13.0. The molecule has 0 saturated heterocycles. The van der Waals surface area contributed by atoms with Gasteiger partial charge in [0.05, 0.1) is 12.7 Å². The Morgan fingerprint density at radius 1 is 1.32 bits per heavy atom. The van der Waals surface area contributed by atoms with Gasteiger partial charge in [-0.2, -0.15) is 0 Å². The molecule has 1 heterocycles. The van der Waals surface area contributed by atoms with Crippen molar-refractivity contribution >= 4 is 23.4 Å². The fraction of sp³-hybridized carbons (Fsp3) is 0.143. The number of hydrogen-bond acceptors (Lipinski definition) is 4. The molecule has 1 N–H and O–H groups in total. The Bertz CT molecular complexity index is 573. The average molecular weight is 277 g/mol. The number of anilines is 1. The Morgan fingerprint density at radius 2 is 2.05 bits per heavy atom. The SMILES string of the molecule is COC(=O)c1cc(Cl)nc(NCc2ccccc2)c1. The number of hydrogen-bond donors (Lipinski definition) is 1. The van der Waals surface area contributed by atoms with E-state index in [1.807, 2.05) is 30.3 Å². The zero-order chi connectivity index (χ0) is 13.7. The lowest BCUT2D eigenvalue weighted by molar-refractivity contribution is 0.0600. The molecule has 0 aliphatic rings. The number of pyridine rings is 1. The third kappa shape index (κ3) is 3.69. The summed E-state index contributed by atoms with van der Waals surface area (Å²) < 4.78 is 4.66. The zero-order valence-corrected chi connectivity index (χ0v) is 11.1. The van der Waals surface area contributed by atoms with Crippen LogP contribution in [0.2, 0.25) is 5.15 Å². The molecule has 19 heavy (non-hydrogen) atoms. The number of benzene rings is 1. The van der Waals surface area contributed by atoms with Gasteiger partial charge in [-0.15, -0.1) is 0 Å². The van der Waals surface area contributed by atoms with E-state index in [2.05, 4.69) is 15.0 Å². The molecule has 5 heteroatoms. The summed E-state index contributed by atoms with van der Waals surface area (Å²) in [6.07, 6.45) is 0. The largest absolute Gasteiger partial charge is 0.465 e. The molecule has 2 rings (SSSR count). The summed E-state index contributed by atoms with van der Waals surface area (Å²) in [5.74, 6) is 0.101. The van der Waals surface area contributed by atoms with Gasteiger partial charge in [0.1, 0.15) is 11.0 Å². The number of nitrogens with one attached hydrogen (secondary N) is 1. The number of methoxy groups -OCH3 is 1. The minimum Gasteiger partial charge on any atom is -0.465 e. The number of ether oxygens (including phenoxy) is 1. The van der Waals surface area contributed by atoms with Gasteiger partial charge in [0.15, 0.2) is 0 Å². The molecule has 0 radical (unpaired) electrons. The van der Waals surface area contributed by atoms with Crippen LogP contribution in [0.5, 0.6) is 0 Å². The van der Waals surface area contributed by atoms with Crippen LogP contribution in [-0.2, 0) is 11.3 Å². The molecule has 0 atom stereocenters. The van der Waals surface area contributed by atoms with Gasteiger partial charge in [-0.3, -0.25) is 0 Å². The number of esters is 1. The summed E-state index contributed by atoms with van der Waals surface area (Å²) in [5, 5.41) is 3.37.